The first-order chi connectivity index (χ1) is 13.8. The Labute approximate surface area is 206 Å². The van der Waals surface area contributed by atoms with E-state index in [-0.39, 0.29) is 35.8 Å². The van der Waals surface area contributed by atoms with Crippen LogP contribution in [0.2, 0.25) is 10.0 Å². The summed E-state index contributed by atoms with van der Waals surface area (Å²) in [7, 11) is 3.48. The third kappa shape index (κ3) is 7.63. The summed E-state index contributed by atoms with van der Waals surface area (Å²) in [6.07, 6.45) is 0. The largest absolute Gasteiger partial charge is 0.357 e. The van der Waals surface area contributed by atoms with Crippen molar-refractivity contribution in [3.8, 4) is 0 Å². The van der Waals surface area contributed by atoms with E-state index in [0.717, 1.165) is 23.6 Å². The van der Waals surface area contributed by atoms with Gasteiger partial charge in [0.2, 0.25) is 0 Å². The lowest BCUT2D eigenvalue weighted by atomic mass is 10.0. The molecule has 0 saturated heterocycles. The fourth-order valence-electron chi connectivity index (χ4n) is 2.86. The molecule has 0 radical (unpaired) electrons. The summed E-state index contributed by atoms with van der Waals surface area (Å²) < 4.78 is 0. The number of halogens is 3. The Bertz CT molecular complexity index is 836. The van der Waals surface area contributed by atoms with Crippen LogP contribution in [-0.2, 0) is 6.54 Å². The van der Waals surface area contributed by atoms with Crippen LogP contribution in [0.1, 0.15) is 41.3 Å². The molecule has 0 saturated carbocycles. The number of amides is 1. The summed E-state index contributed by atoms with van der Waals surface area (Å²) in [5.41, 5.74) is 2.62. The molecule has 2 aromatic carbocycles. The van der Waals surface area contributed by atoms with E-state index in [9.17, 15) is 4.79 Å². The van der Waals surface area contributed by atoms with E-state index in [1.807, 2.05) is 49.4 Å². The van der Waals surface area contributed by atoms with Crippen molar-refractivity contribution < 1.29 is 4.79 Å². The minimum Gasteiger partial charge on any atom is -0.357 e. The molecule has 1 unspecified atom stereocenters. The molecule has 30 heavy (non-hydrogen) atoms. The maximum atomic E-state index is 12.0. The Morgan fingerprint density at radius 2 is 1.67 bits per heavy atom. The number of benzene rings is 2. The molecular weight excluding hydrogens is 534 g/mol. The Balaban J connectivity index is 0.00000450. The zero-order valence-corrected chi connectivity index (χ0v) is 21.5. The summed E-state index contributed by atoms with van der Waals surface area (Å²) in [5.74, 6) is 0.828. The first-order valence-corrected chi connectivity index (χ1v) is 10.4. The van der Waals surface area contributed by atoms with E-state index in [0.29, 0.717) is 28.7 Å². The predicted octanol–water partition coefficient (Wildman–Crippen LogP) is 5.17. The van der Waals surface area contributed by atoms with Gasteiger partial charge in [-0.2, -0.15) is 0 Å². The van der Waals surface area contributed by atoms with Crippen LogP contribution in [0.15, 0.2) is 47.5 Å². The van der Waals surface area contributed by atoms with Gasteiger partial charge in [-0.05, 0) is 42.3 Å². The topological polar surface area (TPSA) is 56.7 Å². The molecule has 0 bridgehead atoms. The second kappa shape index (κ2) is 13.0. The van der Waals surface area contributed by atoms with Crippen LogP contribution in [0.25, 0.3) is 0 Å². The van der Waals surface area contributed by atoms with Crippen LogP contribution in [0.4, 0.5) is 0 Å². The molecule has 1 amide bonds. The molecule has 0 spiro atoms. The zero-order chi connectivity index (χ0) is 21.4. The highest BCUT2D eigenvalue weighted by Gasteiger charge is 2.14. The summed E-state index contributed by atoms with van der Waals surface area (Å²) in [4.78, 5) is 18.2. The number of carbonyl (C=O) groups excluding carboxylic acids is 1. The molecule has 2 rings (SSSR count). The van der Waals surface area contributed by atoms with Gasteiger partial charge in [0.1, 0.15) is 0 Å². The average molecular weight is 563 g/mol. The number of guanidine groups is 1. The van der Waals surface area contributed by atoms with Crippen molar-refractivity contribution in [1.29, 1.82) is 0 Å². The first-order valence-electron chi connectivity index (χ1n) is 9.60. The van der Waals surface area contributed by atoms with Crippen molar-refractivity contribution in [1.82, 2.24) is 15.5 Å². The summed E-state index contributed by atoms with van der Waals surface area (Å²) in [5, 5.41) is 7.93. The number of aliphatic imine (C=N–C) groups is 1. The van der Waals surface area contributed by atoms with Gasteiger partial charge in [-0.1, -0.05) is 48.3 Å². The lowest BCUT2D eigenvalue weighted by Gasteiger charge is -2.18. The normalized spacial score (nSPS) is 12.0. The lowest BCUT2D eigenvalue weighted by molar-refractivity contribution is 0.0827. The molecule has 8 heteroatoms. The fraction of sp³-hybridized carbons (Fsp3) is 0.364. The molecule has 0 aliphatic carbocycles. The van der Waals surface area contributed by atoms with Gasteiger partial charge < -0.3 is 15.5 Å². The summed E-state index contributed by atoms with van der Waals surface area (Å²) in [6, 6.07) is 13.1. The van der Waals surface area contributed by atoms with E-state index in [2.05, 4.69) is 22.5 Å². The van der Waals surface area contributed by atoms with E-state index in [1.54, 1.807) is 19.0 Å². The van der Waals surface area contributed by atoms with Gasteiger partial charge in [0.05, 0.1) is 6.54 Å². The molecule has 164 valence electrons. The highest BCUT2D eigenvalue weighted by molar-refractivity contribution is 14.0. The van der Waals surface area contributed by atoms with E-state index in [1.165, 1.54) is 0 Å². The second-order valence-electron chi connectivity index (χ2n) is 7.01. The molecule has 1 atom stereocenters. The van der Waals surface area contributed by atoms with Crippen molar-refractivity contribution in [3.63, 3.8) is 0 Å². The molecule has 0 heterocycles. The zero-order valence-electron chi connectivity index (χ0n) is 17.7. The Kier molecular flexibility index (Phi) is 11.5. The van der Waals surface area contributed by atoms with Gasteiger partial charge in [0.25, 0.3) is 5.91 Å². The minimum atomic E-state index is -0.0118. The van der Waals surface area contributed by atoms with Crippen LogP contribution < -0.4 is 10.6 Å². The van der Waals surface area contributed by atoms with Gasteiger partial charge in [-0.3, -0.25) is 4.79 Å². The van der Waals surface area contributed by atoms with Gasteiger partial charge >= 0.3 is 0 Å². The first kappa shape index (κ1) is 26.5. The Hall–Kier alpha value is -1.51. The highest BCUT2D eigenvalue weighted by Crippen LogP contribution is 2.30. The standard InChI is InChI=1S/C22H28Cl2N4O.HI/c1-5-25-22(26-13-15(2)20-18(23)7-6-8-19(20)24)27-14-16-9-11-17(12-10-16)21(29)28(3)4;/h6-12,15H,5,13-14H2,1-4H3,(H2,25,26,27);1H. The highest BCUT2D eigenvalue weighted by atomic mass is 127. The number of carbonyl (C=O) groups is 1. The van der Waals surface area contributed by atoms with Crippen LogP contribution in [-0.4, -0.2) is 44.0 Å². The van der Waals surface area contributed by atoms with E-state index in [4.69, 9.17) is 23.2 Å². The molecule has 0 aromatic heterocycles. The predicted molar refractivity (Wildman–Crippen MR) is 138 cm³/mol. The molecule has 2 N–H and O–H groups in total. The quantitative estimate of drug-likeness (QED) is 0.278. The number of rotatable bonds is 7. The van der Waals surface area contributed by atoms with Crippen LogP contribution in [0.3, 0.4) is 0 Å². The van der Waals surface area contributed by atoms with Gasteiger partial charge in [-0.15, -0.1) is 24.0 Å². The molecule has 0 aliphatic heterocycles. The maximum Gasteiger partial charge on any atom is 0.253 e. The van der Waals surface area contributed by atoms with Gasteiger partial charge in [0.15, 0.2) is 5.96 Å². The molecule has 0 aliphatic rings. The van der Waals surface area contributed by atoms with Crippen molar-refractivity contribution in [3.05, 3.63) is 69.2 Å². The third-order valence-electron chi connectivity index (χ3n) is 4.44. The number of hydrogen-bond donors (Lipinski definition) is 2. The minimum absolute atomic E-state index is 0. The average Bonchev–Trinajstić information content (AvgIpc) is 2.69. The van der Waals surface area contributed by atoms with Gasteiger partial charge in [-0.25, -0.2) is 4.99 Å². The molecule has 0 fully saturated rings. The van der Waals surface area contributed by atoms with Crippen LogP contribution in [0.5, 0.6) is 0 Å². The third-order valence-corrected chi connectivity index (χ3v) is 5.10. The fourth-order valence-corrected chi connectivity index (χ4v) is 3.63. The Morgan fingerprint density at radius 3 is 2.20 bits per heavy atom. The molecule has 5 nitrogen and oxygen atoms in total. The van der Waals surface area contributed by atoms with E-state index >= 15 is 0 Å². The maximum absolute atomic E-state index is 12.0. The van der Waals surface area contributed by atoms with Crippen LogP contribution in [0, 0.1) is 0 Å². The van der Waals surface area contributed by atoms with Crippen molar-refractivity contribution >= 4 is 59.0 Å². The summed E-state index contributed by atoms with van der Waals surface area (Å²) >= 11 is 12.6. The lowest BCUT2D eigenvalue weighted by Crippen LogP contribution is -2.39. The molecular formula is C22H29Cl2IN4O. The summed E-state index contributed by atoms with van der Waals surface area (Å²) in [6.45, 7) is 6.00. The van der Waals surface area contributed by atoms with Crippen LogP contribution >= 0.6 is 47.2 Å². The smallest absolute Gasteiger partial charge is 0.253 e. The van der Waals surface area contributed by atoms with Crippen molar-refractivity contribution in [2.75, 3.05) is 27.2 Å². The van der Waals surface area contributed by atoms with Crippen molar-refractivity contribution in [2.45, 2.75) is 26.3 Å². The van der Waals surface area contributed by atoms with Crippen molar-refractivity contribution in [2.24, 2.45) is 4.99 Å². The second-order valence-corrected chi connectivity index (χ2v) is 7.82. The number of nitrogens with one attached hydrogen (secondary N) is 2. The molecule has 2 aromatic rings. The Morgan fingerprint density at radius 1 is 1.07 bits per heavy atom. The number of hydrogen-bond acceptors (Lipinski definition) is 2. The van der Waals surface area contributed by atoms with Gasteiger partial charge in [0, 0.05) is 48.7 Å². The SMILES string of the molecule is CCNC(=NCc1ccc(C(=O)N(C)C)cc1)NCC(C)c1c(Cl)cccc1Cl.I. The monoisotopic (exact) mass is 562 g/mol. The van der Waals surface area contributed by atoms with E-state index < -0.39 is 0 Å². The number of nitrogens with zero attached hydrogens (tertiary/aromatic N) is 2.